The largest absolute Gasteiger partial charge is 0.467 e. The van der Waals surface area contributed by atoms with E-state index in [2.05, 4.69) is 14.5 Å². The third-order valence-electron chi connectivity index (χ3n) is 8.25. The Morgan fingerprint density at radius 2 is 2.03 bits per heavy atom. The first-order valence-electron chi connectivity index (χ1n) is 12.6. The number of nitrogens with zero attached hydrogens (tertiary/aromatic N) is 6. The number of likely N-dealkylation sites (tertiary alicyclic amines) is 1. The minimum absolute atomic E-state index is 0.0130. The lowest BCUT2D eigenvalue weighted by Gasteiger charge is -2.27. The van der Waals surface area contributed by atoms with Gasteiger partial charge in [0.05, 0.1) is 18.3 Å². The third kappa shape index (κ3) is 3.16. The zero-order valence-corrected chi connectivity index (χ0v) is 20.3. The lowest BCUT2D eigenvalue weighted by molar-refractivity contribution is 0.0700. The van der Waals surface area contributed by atoms with E-state index in [9.17, 15) is 4.79 Å². The normalized spacial score (nSPS) is 23.3. The topological polar surface area (TPSA) is 104 Å². The van der Waals surface area contributed by atoms with Crippen LogP contribution in [0.1, 0.15) is 36.0 Å². The molecule has 1 aromatic carbocycles. The summed E-state index contributed by atoms with van der Waals surface area (Å²) in [6, 6.07) is 5.39. The van der Waals surface area contributed by atoms with Crippen LogP contribution in [0.4, 0.5) is 4.39 Å². The first-order chi connectivity index (χ1) is 17.4. The first-order valence-corrected chi connectivity index (χ1v) is 12.6. The summed E-state index contributed by atoms with van der Waals surface area (Å²) in [4.78, 5) is 28.8. The van der Waals surface area contributed by atoms with Crippen molar-refractivity contribution in [2.24, 2.45) is 24.6 Å². The number of piperidine rings is 1. The average molecular weight is 490 g/mol. The maximum absolute atomic E-state index is 15.5. The van der Waals surface area contributed by atoms with Gasteiger partial charge in [0.25, 0.3) is 5.91 Å². The number of amides is 1. The molecule has 4 heterocycles. The molecule has 4 aromatic rings. The van der Waals surface area contributed by atoms with Crippen LogP contribution in [0, 0.1) is 17.7 Å². The molecule has 0 spiro atoms. The number of nitrogens with two attached hydrogens (primary N) is 1. The van der Waals surface area contributed by atoms with Crippen LogP contribution in [-0.2, 0) is 13.6 Å². The molecule has 7 rings (SSSR count). The van der Waals surface area contributed by atoms with E-state index in [4.69, 9.17) is 15.5 Å². The van der Waals surface area contributed by atoms with E-state index in [1.54, 1.807) is 31.0 Å². The quantitative estimate of drug-likeness (QED) is 0.462. The fourth-order valence-electron chi connectivity index (χ4n) is 6.15. The molecular weight excluding hydrogens is 461 g/mol. The SMILES string of the molecule is COc1ncc2cc(-c3nc4cc(C(=O)N5C[C@H]6CCC5C6N)cc(F)c4n3C)n(CC3CC3)c2n1. The first kappa shape index (κ1) is 21.7. The van der Waals surface area contributed by atoms with Gasteiger partial charge in [0.1, 0.15) is 17.0 Å². The van der Waals surface area contributed by atoms with Gasteiger partial charge in [-0.1, -0.05) is 0 Å². The number of halogens is 1. The summed E-state index contributed by atoms with van der Waals surface area (Å²) in [6.07, 6.45) is 6.05. The van der Waals surface area contributed by atoms with Gasteiger partial charge >= 0.3 is 6.01 Å². The van der Waals surface area contributed by atoms with Gasteiger partial charge in [-0.05, 0) is 55.7 Å². The summed E-state index contributed by atoms with van der Waals surface area (Å²) < 4.78 is 24.6. The number of benzene rings is 1. The molecule has 9 nitrogen and oxygen atoms in total. The van der Waals surface area contributed by atoms with Crippen molar-refractivity contribution in [2.75, 3.05) is 13.7 Å². The maximum atomic E-state index is 15.5. The molecule has 36 heavy (non-hydrogen) atoms. The van der Waals surface area contributed by atoms with Crippen molar-refractivity contribution in [1.82, 2.24) is 29.0 Å². The predicted molar refractivity (Wildman–Crippen MR) is 132 cm³/mol. The van der Waals surface area contributed by atoms with Crippen LogP contribution in [0.25, 0.3) is 33.6 Å². The molecule has 2 unspecified atom stereocenters. The lowest BCUT2D eigenvalue weighted by Crippen LogP contribution is -2.41. The van der Waals surface area contributed by atoms with Gasteiger partial charge in [0, 0.05) is 49.4 Å². The molecule has 186 valence electrons. The molecule has 2 saturated carbocycles. The summed E-state index contributed by atoms with van der Waals surface area (Å²) in [5.41, 5.74) is 9.05. The van der Waals surface area contributed by atoms with E-state index in [0.29, 0.717) is 46.8 Å². The van der Waals surface area contributed by atoms with Gasteiger partial charge in [-0.3, -0.25) is 4.79 Å². The molecule has 1 saturated heterocycles. The summed E-state index contributed by atoms with van der Waals surface area (Å²) in [6.45, 7) is 1.44. The Morgan fingerprint density at radius 1 is 1.19 bits per heavy atom. The number of rotatable bonds is 5. The summed E-state index contributed by atoms with van der Waals surface area (Å²) >= 11 is 0. The van der Waals surface area contributed by atoms with E-state index in [0.717, 1.165) is 36.1 Å². The van der Waals surface area contributed by atoms with Gasteiger partial charge in [0.15, 0.2) is 5.82 Å². The molecule has 3 aliphatic rings. The number of imidazole rings is 1. The number of fused-ring (bicyclic) bond motifs is 4. The highest BCUT2D eigenvalue weighted by atomic mass is 19.1. The molecule has 1 amide bonds. The third-order valence-corrected chi connectivity index (χ3v) is 8.25. The molecule has 0 radical (unpaired) electrons. The zero-order valence-electron chi connectivity index (χ0n) is 20.3. The van der Waals surface area contributed by atoms with Crippen LogP contribution in [0.15, 0.2) is 24.4 Å². The Bertz CT molecular complexity index is 1540. The van der Waals surface area contributed by atoms with Crippen LogP contribution in [0.3, 0.4) is 0 Å². The van der Waals surface area contributed by atoms with Crippen molar-refractivity contribution >= 4 is 28.0 Å². The Labute approximate surface area is 207 Å². The number of carbonyl (C=O) groups is 1. The number of methoxy groups -OCH3 is 1. The number of aryl methyl sites for hydroxylation is 1. The molecular formula is C26H28FN7O2. The molecule has 3 atom stereocenters. The van der Waals surface area contributed by atoms with Crippen molar-refractivity contribution in [1.29, 1.82) is 0 Å². The summed E-state index contributed by atoms with van der Waals surface area (Å²) in [7, 11) is 3.35. The Balaban J connectivity index is 1.33. The number of ether oxygens (including phenoxy) is 1. The molecule has 2 N–H and O–H groups in total. The van der Waals surface area contributed by atoms with Crippen LogP contribution in [0.5, 0.6) is 6.01 Å². The highest BCUT2D eigenvalue weighted by Gasteiger charge is 2.47. The van der Waals surface area contributed by atoms with Crippen LogP contribution >= 0.6 is 0 Å². The number of aromatic nitrogens is 5. The van der Waals surface area contributed by atoms with Gasteiger partial charge in [-0.15, -0.1) is 0 Å². The average Bonchev–Trinajstić information content (AvgIpc) is 3.28. The minimum atomic E-state index is -0.461. The molecule has 3 aromatic heterocycles. The van der Waals surface area contributed by atoms with E-state index in [-0.39, 0.29) is 18.0 Å². The predicted octanol–water partition coefficient (Wildman–Crippen LogP) is 3.10. The number of hydrogen-bond donors (Lipinski definition) is 1. The standard InChI is InChI=1S/C26H28FN7O2/c1-32-22-17(27)7-15(25(35)34-12-14-5-6-19(34)21(14)28)8-18(22)30-24(32)20-9-16-10-29-26(36-2)31-23(16)33(20)11-13-3-4-13/h7-10,13-14,19,21H,3-6,11-12,28H2,1-2H3/t14-,19?,21?/m1/s1. The van der Waals surface area contributed by atoms with Crippen molar-refractivity contribution in [3.63, 3.8) is 0 Å². The minimum Gasteiger partial charge on any atom is -0.467 e. The molecule has 2 aliphatic carbocycles. The Kier molecular flexibility index (Phi) is 4.67. The summed E-state index contributed by atoms with van der Waals surface area (Å²) in [5, 5.41) is 0.871. The van der Waals surface area contributed by atoms with Crippen LogP contribution < -0.4 is 10.5 Å². The zero-order chi connectivity index (χ0) is 24.7. The molecule has 2 bridgehead atoms. The monoisotopic (exact) mass is 489 g/mol. The lowest BCUT2D eigenvalue weighted by atomic mass is 10.1. The van der Waals surface area contributed by atoms with Gasteiger partial charge < -0.3 is 24.5 Å². The van der Waals surface area contributed by atoms with E-state index < -0.39 is 5.82 Å². The Hall–Kier alpha value is -3.53. The van der Waals surface area contributed by atoms with Crippen molar-refractivity contribution in [2.45, 2.75) is 44.3 Å². The molecule has 3 fully saturated rings. The van der Waals surface area contributed by atoms with Crippen LogP contribution in [0.2, 0.25) is 0 Å². The van der Waals surface area contributed by atoms with Gasteiger partial charge in [-0.2, -0.15) is 4.98 Å². The van der Waals surface area contributed by atoms with Gasteiger partial charge in [-0.25, -0.2) is 14.4 Å². The smallest absolute Gasteiger partial charge is 0.318 e. The fraction of sp³-hybridized carbons (Fsp3) is 0.462. The number of carbonyl (C=O) groups excluding carboxylic acids is 1. The second-order valence-corrected chi connectivity index (χ2v) is 10.5. The van der Waals surface area contributed by atoms with Crippen molar-refractivity contribution < 1.29 is 13.9 Å². The van der Waals surface area contributed by atoms with E-state index >= 15 is 4.39 Å². The van der Waals surface area contributed by atoms with Crippen molar-refractivity contribution in [3.8, 4) is 17.5 Å². The van der Waals surface area contributed by atoms with Gasteiger partial charge in [0.2, 0.25) is 0 Å². The van der Waals surface area contributed by atoms with E-state index in [1.165, 1.54) is 18.9 Å². The molecule has 10 heteroatoms. The second-order valence-electron chi connectivity index (χ2n) is 10.5. The maximum Gasteiger partial charge on any atom is 0.318 e. The van der Waals surface area contributed by atoms with Crippen molar-refractivity contribution in [3.05, 3.63) is 35.8 Å². The molecule has 1 aliphatic heterocycles. The Morgan fingerprint density at radius 3 is 2.72 bits per heavy atom. The fourth-order valence-corrected chi connectivity index (χ4v) is 6.15. The van der Waals surface area contributed by atoms with E-state index in [1.807, 2.05) is 11.0 Å². The highest BCUT2D eigenvalue weighted by Crippen LogP contribution is 2.39. The second kappa shape index (κ2) is 7.73. The summed E-state index contributed by atoms with van der Waals surface area (Å²) in [5.74, 6) is 0.906. The van der Waals surface area contributed by atoms with Crippen LogP contribution in [-0.4, -0.2) is 60.6 Å². The highest BCUT2D eigenvalue weighted by molar-refractivity contribution is 5.98. The number of hydrogen-bond acceptors (Lipinski definition) is 6.